The Bertz CT molecular complexity index is 352. The van der Waals surface area contributed by atoms with Crippen molar-refractivity contribution in [3.05, 3.63) is 0 Å². The van der Waals surface area contributed by atoms with E-state index in [1.165, 1.54) is 19.3 Å². The van der Waals surface area contributed by atoms with E-state index in [2.05, 4.69) is 0 Å². The first-order valence-corrected chi connectivity index (χ1v) is 8.29. The van der Waals surface area contributed by atoms with Gasteiger partial charge < -0.3 is 14.7 Å². The van der Waals surface area contributed by atoms with E-state index in [0.29, 0.717) is 6.42 Å². The summed E-state index contributed by atoms with van der Waals surface area (Å²) in [5.74, 6) is -0.748. The number of piperidine rings is 1. The van der Waals surface area contributed by atoms with Crippen LogP contribution in [0.2, 0.25) is 0 Å². The molecule has 1 N–H and O–H groups in total. The predicted molar refractivity (Wildman–Crippen MR) is 79.0 cm³/mol. The van der Waals surface area contributed by atoms with Crippen molar-refractivity contribution in [2.24, 2.45) is 0 Å². The Labute approximate surface area is 126 Å². The first kappa shape index (κ1) is 16.3. The van der Waals surface area contributed by atoms with Gasteiger partial charge in [-0.15, -0.1) is 0 Å². The Morgan fingerprint density at radius 1 is 1.05 bits per heavy atom. The van der Waals surface area contributed by atoms with Crippen molar-refractivity contribution in [3.8, 4) is 0 Å². The van der Waals surface area contributed by atoms with Crippen molar-refractivity contribution >= 4 is 11.9 Å². The van der Waals surface area contributed by atoms with Gasteiger partial charge in [-0.3, -0.25) is 9.59 Å². The topological polar surface area (TPSA) is 66.8 Å². The van der Waals surface area contributed by atoms with Crippen LogP contribution in [0.4, 0.5) is 0 Å². The molecule has 0 unspecified atom stereocenters. The highest BCUT2D eigenvalue weighted by Crippen LogP contribution is 2.23. The Morgan fingerprint density at radius 3 is 2.48 bits per heavy atom. The van der Waals surface area contributed by atoms with Crippen molar-refractivity contribution in [2.75, 3.05) is 13.2 Å². The van der Waals surface area contributed by atoms with Gasteiger partial charge in [-0.2, -0.15) is 0 Å². The van der Waals surface area contributed by atoms with Crippen molar-refractivity contribution in [1.82, 2.24) is 4.90 Å². The van der Waals surface area contributed by atoms with E-state index >= 15 is 0 Å². The molecule has 0 bridgehead atoms. The number of nitrogens with zero attached hydrogens (tertiary/aromatic N) is 1. The van der Waals surface area contributed by atoms with Gasteiger partial charge >= 0.3 is 5.97 Å². The van der Waals surface area contributed by atoms with Crippen LogP contribution in [0.25, 0.3) is 0 Å². The summed E-state index contributed by atoms with van der Waals surface area (Å²) in [6.45, 7) is 0.908. The van der Waals surface area contributed by atoms with Crippen LogP contribution in [-0.2, 0) is 14.3 Å². The quantitative estimate of drug-likeness (QED) is 0.818. The maximum absolute atomic E-state index is 12.3. The van der Waals surface area contributed by atoms with Crippen LogP contribution in [0.3, 0.4) is 0 Å². The lowest BCUT2D eigenvalue weighted by Gasteiger charge is -2.36. The molecule has 1 amide bonds. The lowest BCUT2D eigenvalue weighted by molar-refractivity contribution is -0.144. The van der Waals surface area contributed by atoms with Gasteiger partial charge in [0.05, 0.1) is 6.10 Å². The molecule has 0 spiro atoms. The zero-order valence-electron chi connectivity index (χ0n) is 12.8. The zero-order valence-corrected chi connectivity index (χ0v) is 12.8. The first-order valence-electron chi connectivity index (χ1n) is 8.29. The monoisotopic (exact) mass is 297 g/mol. The van der Waals surface area contributed by atoms with Gasteiger partial charge in [-0.05, 0) is 38.5 Å². The van der Waals surface area contributed by atoms with Gasteiger partial charge in [0.15, 0.2) is 0 Å². The summed E-state index contributed by atoms with van der Waals surface area (Å²) >= 11 is 0. The third-order valence-electron chi connectivity index (χ3n) is 4.63. The van der Waals surface area contributed by atoms with Gasteiger partial charge in [0.2, 0.25) is 5.91 Å². The van der Waals surface area contributed by atoms with Gasteiger partial charge in [0.1, 0.15) is 6.61 Å². The van der Waals surface area contributed by atoms with Gasteiger partial charge in [-0.25, -0.2) is 0 Å². The Balaban J connectivity index is 1.78. The van der Waals surface area contributed by atoms with Crippen molar-refractivity contribution in [3.63, 3.8) is 0 Å². The average Bonchev–Trinajstić information content (AvgIpc) is 2.52. The SMILES string of the molecule is O=C(O)CC[C@H]1CCCCN1C(=O)COC1CCCCC1. The highest BCUT2D eigenvalue weighted by molar-refractivity contribution is 5.78. The molecule has 1 aliphatic carbocycles. The van der Waals surface area contributed by atoms with Gasteiger partial charge in [0.25, 0.3) is 0 Å². The van der Waals surface area contributed by atoms with Crippen LogP contribution in [0.15, 0.2) is 0 Å². The Kier molecular flexibility index (Phi) is 6.49. The summed E-state index contributed by atoms with van der Waals surface area (Å²) in [6, 6.07) is 0.0808. The second-order valence-electron chi connectivity index (χ2n) is 6.24. The summed E-state index contributed by atoms with van der Waals surface area (Å²) in [6.07, 6.45) is 9.75. The molecule has 2 fully saturated rings. The molecular formula is C16H27NO4. The maximum Gasteiger partial charge on any atom is 0.303 e. The third kappa shape index (κ3) is 5.30. The minimum Gasteiger partial charge on any atom is -0.481 e. The number of aliphatic carboxylic acids is 1. The maximum atomic E-state index is 12.3. The molecule has 1 heterocycles. The number of carboxylic acids is 1. The lowest BCUT2D eigenvalue weighted by atomic mass is 9.97. The highest BCUT2D eigenvalue weighted by atomic mass is 16.5. The molecule has 1 aliphatic heterocycles. The molecule has 0 aromatic rings. The molecule has 0 aromatic heterocycles. The molecule has 5 heteroatoms. The minimum absolute atomic E-state index is 0.0377. The summed E-state index contributed by atoms with van der Waals surface area (Å²) in [4.78, 5) is 24.9. The van der Waals surface area contributed by atoms with Crippen LogP contribution >= 0.6 is 0 Å². The molecule has 2 rings (SSSR count). The smallest absolute Gasteiger partial charge is 0.303 e. The summed E-state index contributed by atoms with van der Waals surface area (Å²) in [5, 5.41) is 8.81. The second-order valence-corrected chi connectivity index (χ2v) is 6.24. The molecule has 21 heavy (non-hydrogen) atoms. The first-order chi connectivity index (χ1) is 10.2. The van der Waals surface area contributed by atoms with Crippen LogP contribution < -0.4 is 0 Å². The summed E-state index contributed by atoms with van der Waals surface area (Å²) < 4.78 is 5.76. The van der Waals surface area contributed by atoms with Gasteiger partial charge in [0, 0.05) is 19.0 Å². The molecule has 0 radical (unpaired) electrons. The highest BCUT2D eigenvalue weighted by Gasteiger charge is 2.27. The molecule has 1 atom stereocenters. The largest absolute Gasteiger partial charge is 0.481 e. The van der Waals surface area contributed by atoms with E-state index in [4.69, 9.17) is 9.84 Å². The molecule has 2 aliphatic rings. The predicted octanol–water partition coefficient (Wildman–Crippen LogP) is 2.58. The second kappa shape index (κ2) is 8.37. The fourth-order valence-electron chi connectivity index (χ4n) is 3.42. The van der Waals surface area contributed by atoms with E-state index in [9.17, 15) is 9.59 Å². The number of carboxylic acid groups (broad SMARTS) is 1. The third-order valence-corrected chi connectivity index (χ3v) is 4.63. The van der Waals surface area contributed by atoms with Crippen LogP contribution in [0.1, 0.15) is 64.2 Å². The molecule has 0 aromatic carbocycles. The average molecular weight is 297 g/mol. The number of ether oxygens (including phenoxy) is 1. The number of likely N-dealkylation sites (tertiary alicyclic amines) is 1. The van der Waals surface area contributed by atoms with Crippen molar-refractivity contribution in [1.29, 1.82) is 0 Å². The number of carbonyl (C=O) groups is 2. The number of amides is 1. The lowest BCUT2D eigenvalue weighted by Crippen LogP contribution is -2.46. The van der Waals surface area contributed by atoms with E-state index in [-0.39, 0.29) is 31.1 Å². The number of carbonyl (C=O) groups excluding carboxylic acids is 1. The van der Waals surface area contributed by atoms with Crippen molar-refractivity contribution in [2.45, 2.75) is 76.4 Å². The van der Waals surface area contributed by atoms with Gasteiger partial charge in [-0.1, -0.05) is 19.3 Å². The summed E-state index contributed by atoms with van der Waals surface area (Å²) in [5.41, 5.74) is 0. The molecular weight excluding hydrogens is 270 g/mol. The molecule has 1 saturated heterocycles. The van der Waals surface area contributed by atoms with E-state index in [0.717, 1.165) is 38.6 Å². The van der Waals surface area contributed by atoms with E-state index in [1.54, 1.807) is 0 Å². The van der Waals surface area contributed by atoms with Crippen LogP contribution in [0, 0.1) is 0 Å². The van der Waals surface area contributed by atoms with Crippen LogP contribution in [-0.4, -0.2) is 47.2 Å². The van der Waals surface area contributed by atoms with Crippen LogP contribution in [0.5, 0.6) is 0 Å². The Morgan fingerprint density at radius 2 is 1.76 bits per heavy atom. The van der Waals surface area contributed by atoms with Crippen molar-refractivity contribution < 1.29 is 19.4 Å². The Hall–Kier alpha value is -1.10. The summed E-state index contributed by atoms with van der Waals surface area (Å²) in [7, 11) is 0. The number of rotatable bonds is 6. The molecule has 120 valence electrons. The number of hydrogen-bond donors (Lipinski definition) is 1. The normalized spacial score (nSPS) is 24.0. The fourth-order valence-corrected chi connectivity index (χ4v) is 3.42. The molecule has 1 saturated carbocycles. The zero-order chi connectivity index (χ0) is 15.1. The minimum atomic E-state index is -0.786. The number of hydrogen-bond acceptors (Lipinski definition) is 3. The van der Waals surface area contributed by atoms with E-state index in [1.807, 2.05) is 4.90 Å². The van der Waals surface area contributed by atoms with E-state index < -0.39 is 5.97 Å². The molecule has 5 nitrogen and oxygen atoms in total. The fraction of sp³-hybridized carbons (Fsp3) is 0.875. The standard InChI is InChI=1S/C16H27NO4/c18-15(12-21-14-7-2-1-3-8-14)17-11-5-4-6-13(17)9-10-16(19)20/h13-14H,1-12H2,(H,19,20)/t13-/m1/s1.